The van der Waals surface area contributed by atoms with Gasteiger partial charge in [0.05, 0.1) is 28.8 Å². The Balaban J connectivity index is 1.77. The van der Waals surface area contributed by atoms with E-state index in [1.807, 2.05) is 0 Å². The van der Waals surface area contributed by atoms with Gasteiger partial charge >= 0.3 is 6.18 Å². The molecular weight excluding hydrogens is 417 g/mol. The number of fused-ring (bicyclic) bond motifs is 1. The SMILES string of the molecule is O=C(N=C1S[C@@H]2CS(=O)(=O)C[C@H]2N1c1ccccc1C(F)(F)F)[C@H]1CCCO1. The van der Waals surface area contributed by atoms with Crippen LogP contribution in [-0.2, 0) is 25.5 Å². The van der Waals surface area contributed by atoms with Gasteiger partial charge in [-0.15, -0.1) is 0 Å². The number of hydrogen-bond donors (Lipinski definition) is 0. The molecule has 3 aliphatic heterocycles. The zero-order chi connectivity index (χ0) is 20.1. The van der Waals surface area contributed by atoms with Crippen LogP contribution >= 0.6 is 11.8 Å². The monoisotopic (exact) mass is 434 g/mol. The number of sulfone groups is 1. The van der Waals surface area contributed by atoms with Crippen LogP contribution in [0.25, 0.3) is 0 Å². The number of hydrogen-bond acceptors (Lipinski definition) is 5. The fourth-order valence-corrected chi connectivity index (χ4v) is 7.62. The Bertz CT molecular complexity index is 927. The number of rotatable bonds is 2. The summed E-state index contributed by atoms with van der Waals surface area (Å²) >= 11 is 1.05. The Hall–Kier alpha value is -1.59. The van der Waals surface area contributed by atoms with E-state index < -0.39 is 44.9 Å². The van der Waals surface area contributed by atoms with E-state index in [4.69, 9.17) is 4.74 Å². The first-order chi connectivity index (χ1) is 13.2. The minimum absolute atomic E-state index is 0.0992. The largest absolute Gasteiger partial charge is 0.418 e. The lowest BCUT2D eigenvalue weighted by atomic mass is 10.1. The Kier molecular flexibility index (Phi) is 4.95. The summed E-state index contributed by atoms with van der Waals surface area (Å²) < 4.78 is 70.1. The van der Waals surface area contributed by atoms with Crippen LogP contribution in [0, 0.1) is 0 Å². The molecule has 152 valence electrons. The first-order valence-corrected chi connectivity index (χ1v) is 11.4. The van der Waals surface area contributed by atoms with Crippen LogP contribution in [0.4, 0.5) is 18.9 Å². The molecule has 1 aromatic rings. The Morgan fingerprint density at radius 3 is 2.68 bits per heavy atom. The molecule has 0 spiro atoms. The number of benzene rings is 1. The van der Waals surface area contributed by atoms with Gasteiger partial charge in [0, 0.05) is 11.9 Å². The van der Waals surface area contributed by atoms with Crippen molar-refractivity contribution in [2.24, 2.45) is 4.99 Å². The molecule has 1 amide bonds. The van der Waals surface area contributed by atoms with E-state index in [9.17, 15) is 26.4 Å². The van der Waals surface area contributed by atoms with Gasteiger partial charge in [0.2, 0.25) is 0 Å². The third-order valence-corrected chi connectivity index (χ3v) is 8.16. The van der Waals surface area contributed by atoms with Crippen LogP contribution in [0.1, 0.15) is 18.4 Å². The fraction of sp³-hybridized carbons (Fsp3) is 0.529. The number of carbonyl (C=O) groups is 1. The highest BCUT2D eigenvalue weighted by molar-refractivity contribution is 8.16. The molecule has 0 N–H and O–H groups in total. The molecule has 0 unspecified atom stereocenters. The highest BCUT2D eigenvalue weighted by Gasteiger charge is 2.51. The standard InChI is InChI=1S/C17H17F3N2O4S2/c18-17(19,20)10-4-1-2-5-11(10)22-12-8-28(24,25)9-14(12)27-16(22)21-15(23)13-6-3-7-26-13/h1-2,4-5,12-14H,3,6-9H2/t12-,13-,14-/m1/s1. The molecule has 3 fully saturated rings. The van der Waals surface area contributed by atoms with Gasteiger partial charge in [0.15, 0.2) is 15.0 Å². The maximum atomic E-state index is 13.6. The number of para-hydroxylation sites is 1. The maximum Gasteiger partial charge on any atom is 0.418 e. The molecule has 0 saturated carbocycles. The number of thioether (sulfide) groups is 1. The molecule has 3 saturated heterocycles. The van der Waals surface area contributed by atoms with Gasteiger partial charge in [-0.1, -0.05) is 23.9 Å². The Morgan fingerprint density at radius 2 is 2.00 bits per heavy atom. The van der Waals surface area contributed by atoms with Crippen LogP contribution in [-0.4, -0.2) is 55.0 Å². The predicted molar refractivity (Wildman–Crippen MR) is 99.2 cm³/mol. The molecule has 1 aromatic carbocycles. The quantitative estimate of drug-likeness (QED) is 0.712. The van der Waals surface area contributed by atoms with E-state index in [1.165, 1.54) is 23.1 Å². The molecule has 0 aliphatic carbocycles. The third-order valence-electron chi connectivity index (χ3n) is 4.95. The lowest BCUT2D eigenvalue weighted by molar-refractivity contribution is -0.137. The number of amidine groups is 1. The Morgan fingerprint density at radius 1 is 1.25 bits per heavy atom. The predicted octanol–water partition coefficient (Wildman–Crippen LogP) is 2.49. The summed E-state index contributed by atoms with van der Waals surface area (Å²) in [6, 6.07) is 4.24. The van der Waals surface area contributed by atoms with Crippen molar-refractivity contribution in [3.63, 3.8) is 0 Å². The van der Waals surface area contributed by atoms with Crippen LogP contribution < -0.4 is 4.90 Å². The molecule has 0 radical (unpaired) electrons. The molecule has 3 aliphatic rings. The molecular formula is C17H17F3N2O4S2. The van der Waals surface area contributed by atoms with Crippen LogP contribution in [0.3, 0.4) is 0 Å². The summed E-state index contributed by atoms with van der Waals surface area (Å²) in [5.41, 5.74) is -1.08. The number of anilines is 1. The zero-order valence-electron chi connectivity index (χ0n) is 14.6. The molecule has 6 nitrogen and oxygen atoms in total. The van der Waals surface area contributed by atoms with Gasteiger partial charge in [-0.2, -0.15) is 18.2 Å². The number of aliphatic imine (C=N–C) groups is 1. The average molecular weight is 434 g/mol. The molecule has 3 heterocycles. The van der Waals surface area contributed by atoms with E-state index in [0.717, 1.165) is 24.2 Å². The van der Waals surface area contributed by atoms with Gasteiger partial charge in [0.1, 0.15) is 6.10 Å². The van der Waals surface area contributed by atoms with Crippen molar-refractivity contribution >= 4 is 38.4 Å². The number of nitrogens with zero attached hydrogens (tertiary/aromatic N) is 2. The van der Waals surface area contributed by atoms with Gasteiger partial charge in [0.25, 0.3) is 5.91 Å². The van der Waals surface area contributed by atoms with Crippen molar-refractivity contribution in [1.82, 2.24) is 0 Å². The first-order valence-electron chi connectivity index (χ1n) is 8.72. The molecule has 0 aromatic heterocycles. The summed E-state index contributed by atoms with van der Waals surface area (Å²) in [6.07, 6.45) is -4.09. The van der Waals surface area contributed by atoms with Crippen molar-refractivity contribution < 1.29 is 31.1 Å². The lowest BCUT2D eigenvalue weighted by Crippen LogP contribution is -2.39. The topological polar surface area (TPSA) is 76.0 Å². The summed E-state index contributed by atoms with van der Waals surface area (Å²) in [4.78, 5) is 17.7. The van der Waals surface area contributed by atoms with E-state index in [0.29, 0.717) is 13.0 Å². The molecule has 3 atom stereocenters. The van der Waals surface area contributed by atoms with Crippen LogP contribution in [0.2, 0.25) is 0 Å². The van der Waals surface area contributed by atoms with E-state index in [1.54, 1.807) is 0 Å². The minimum atomic E-state index is -4.62. The lowest BCUT2D eigenvalue weighted by Gasteiger charge is -2.27. The molecule has 28 heavy (non-hydrogen) atoms. The highest BCUT2D eigenvalue weighted by atomic mass is 32.2. The van der Waals surface area contributed by atoms with E-state index >= 15 is 0 Å². The van der Waals surface area contributed by atoms with Crippen LogP contribution in [0.5, 0.6) is 0 Å². The van der Waals surface area contributed by atoms with Crippen molar-refractivity contribution in [1.29, 1.82) is 0 Å². The van der Waals surface area contributed by atoms with Gasteiger partial charge < -0.3 is 9.64 Å². The highest BCUT2D eigenvalue weighted by Crippen LogP contribution is 2.45. The van der Waals surface area contributed by atoms with Gasteiger partial charge in [-0.05, 0) is 25.0 Å². The molecule has 0 bridgehead atoms. The van der Waals surface area contributed by atoms with Crippen molar-refractivity contribution in [3.05, 3.63) is 29.8 Å². The second kappa shape index (κ2) is 7.03. The van der Waals surface area contributed by atoms with Crippen molar-refractivity contribution in [3.8, 4) is 0 Å². The van der Waals surface area contributed by atoms with E-state index in [2.05, 4.69) is 4.99 Å². The summed E-state index contributed by atoms with van der Waals surface area (Å²) in [5.74, 6) is -0.971. The van der Waals surface area contributed by atoms with Crippen molar-refractivity contribution in [2.75, 3.05) is 23.0 Å². The zero-order valence-corrected chi connectivity index (χ0v) is 16.2. The molecule has 11 heteroatoms. The van der Waals surface area contributed by atoms with Crippen molar-refractivity contribution in [2.45, 2.75) is 36.4 Å². The Labute approximate surface area is 164 Å². The van der Waals surface area contributed by atoms with Gasteiger partial charge in [-0.3, -0.25) is 4.79 Å². The van der Waals surface area contributed by atoms with E-state index in [-0.39, 0.29) is 22.4 Å². The minimum Gasteiger partial charge on any atom is -0.368 e. The second-order valence-electron chi connectivity index (χ2n) is 6.92. The maximum absolute atomic E-state index is 13.6. The summed E-state index contributed by atoms with van der Waals surface area (Å²) in [7, 11) is -3.37. The number of carbonyl (C=O) groups excluding carboxylic acids is 1. The van der Waals surface area contributed by atoms with Gasteiger partial charge in [-0.25, -0.2) is 8.42 Å². The normalized spacial score (nSPS) is 30.8. The second-order valence-corrected chi connectivity index (χ2v) is 10.3. The molecule has 4 rings (SSSR count). The summed E-state index contributed by atoms with van der Waals surface area (Å²) in [6.45, 7) is 0.443. The fourth-order valence-electron chi connectivity index (χ4n) is 3.71. The summed E-state index contributed by atoms with van der Waals surface area (Å²) in [5, 5.41) is -0.371. The first kappa shape index (κ1) is 19.7. The number of ether oxygens (including phenoxy) is 1. The number of alkyl halides is 3. The number of halogens is 3. The smallest absolute Gasteiger partial charge is 0.368 e. The third kappa shape index (κ3) is 3.67. The van der Waals surface area contributed by atoms with Crippen LogP contribution in [0.15, 0.2) is 29.3 Å². The number of amides is 1. The average Bonchev–Trinajstić information content (AvgIpc) is 3.28.